The van der Waals surface area contributed by atoms with Gasteiger partial charge in [-0.3, -0.25) is 4.21 Å². The van der Waals surface area contributed by atoms with Crippen LogP contribution in [0.2, 0.25) is 0 Å². The summed E-state index contributed by atoms with van der Waals surface area (Å²) in [4.78, 5) is 21.4. The summed E-state index contributed by atoms with van der Waals surface area (Å²) in [6.45, 7) is 0. The number of carboxylic acids is 1. The minimum absolute atomic E-state index is 0. The van der Waals surface area contributed by atoms with E-state index >= 15 is 0 Å². The Labute approximate surface area is 163 Å². The molecule has 0 bridgehead atoms. The van der Waals surface area contributed by atoms with Gasteiger partial charge < -0.3 is 14.6 Å². The van der Waals surface area contributed by atoms with Crippen LogP contribution in [0.3, 0.4) is 0 Å². The molecule has 1 aromatic rings. The summed E-state index contributed by atoms with van der Waals surface area (Å²) in [7, 11) is -3.39. The first-order valence-corrected chi connectivity index (χ1v) is 7.85. The van der Waals surface area contributed by atoms with Gasteiger partial charge in [0.2, 0.25) is 5.44 Å². The number of carboxylic acid groups (broad SMARTS) is 1. The number of thiol groups is 1. The molecule has 0 spiro atoms. The van der Waals surface area contributed by atoms with E-state index in [1.165, 1.54) is 0 Å². The van der Waals surface area contributed by atoms with Gasteiger partial charge in [0.15, 0.2) is 0 Å². The molecular weight excluding hydrogens is 335 g/mol. The van der Waals surface area contributed by atoms with Crippen LogP contribution in [0, 0.1) is 0 Å². The summed E-state index contributed by atoms with van der Waals surface area (Å²) in [6.07, 6.45) is 0. The van der Waals surface area contributed by atoms with Crippen molar-refractivity contribution in [3.05, 3.63) is 35.9 Å². The Kier molecular flexibility index (Phi) is 8.96. The summed E-state index contributed by atoms with van der Waals surface area (Å²) >= 11 is 8.00. The fraction of sp³-hybridized carbons (Fsp3) is 0.200. The largest absolute Gasteiger partial charge is 1.00 e. The first-order valence-electron chi connectivity index (χ1n) is 4.69. The van der Waals surface area contributed by atoms with Crippen LogP contribution < -0.4 is 56.5 Å². The van der Waals surface area contributed by atoms with E-state index in [4.69, 9.17) is 11.2 Å². The van der Waals surface area contributed by atoms with E-state index < -0.39 is 25.2 Å². The summed E-state index contributed by atoms with van der Waals surface area (Å²) in [5.41, 5.74) is -1.41. The van der Waals surface area contributed by atoms with E-state index in [0.717, 1.165) is 0 Å². The Morgan fingerprint density at radius 2 is 1.89 bits per heavy atom. The molecule has 5 nitrogen and oxygen atoms in total. The van der Waals surface area contributed by atoms with Gasteiger partial charge in [-0.1, -0.05) is 43.0 Å². The summed E-state index contributed by atoms with van der Waals surface area (Å²) in [6, 6.07) is 8.41. The fourth-order valence-corrected chi connectivity index (χ4v) is 3.52. The topological polar surface area (TPSA) is 83.5 Å². The molecule has 0 saturated carbocycles. The van der Waals surface area contributed by atoms with Gasteiger partial charge in [0.05, 0.1) is 20.2 Å². The van der Waals surface area contributed by atoms with E-state index in [0.29, 0.717) is 5.56 Å². The van der Waals surface area contributed by atoms with Crippen molar-refractivity contribution in [1.29, 1.82) is 0 Å². The average Bonchev–Trinajstić information content (AvgIpc) is 2.26. The molecule has 0 aliphatic rings. The third-order valence-electron chi connectivity index (χ3n) is 1.94. The van der Waals surface area contributed by atoms with Crippen LogP contribution in [0.25, 0.3) is 0 Å². The van der Waals surface area contributed by atoms with E-state index in [2.05, 4.69) is 17.4 Å². The molecule has 0 amide bonds. The van der Waals surface area contributed by atoms with Gasteiger partial charge in [0.1, 0.15) is 0 Å². The van der Waals surface area contributed by atoms with Gasteiger partial charge in [-0.25, -0.2) is 4.79 Å². The second-order valence-electron chi connectivity index (χ2n) is 3.33. The number of carbonyl (C=O) groups is 2. The first kappa shape index (κ1) is 19.5. The van der Waals surface area contributed by atoms with Crippen molar-refractivity contribution in [2.75, 3.05) is 0 Å². The predicted molar refractivity (Wildman–Crippen MR) is 69.9 cm³/mol. The SMILES string of the molecule is O=C(S)OC(C(=O)[O-])S(=O)(=S)Cc1ccccc1.[K+]. The number of benzene rings is 1. The zero-order valence-corrected chi connectivity index (χ0v) is 15.6. The number of rotatable bonds is 5. The van der Waals surface area contributed by atoms with Gasteiger partial charge in [-0.2, -0.15) is 0 Å². The first-order chi connectivity index (χ1) is 8.33. The van der Waals surface area contributed by atoms with E-state index in [1.54, 1.807) is 30.3 Å². The fourth-order valence-electron chi connectivity index (χ4n) is 1.24. The maximum atomic E-state index is 12.1. The molecule has 2 atom stereocenters. The zero-order valence-electron chi connectivity index (χ0n) is 9.98. The van der Waals surface area contributed by atoms with Crippen molar-refractivity contribution in [3.63, 3.8) is 0 Å². The Bertz CT molecular complexity index is 544. The number of hydrogen-bond acceptors (Lipinski definition) is 6. The minimum atomic E-state index is -3.39. The van der Waals surface area contributed by atoms with Crippen molar-refractivity contribution in [1.82, 2.24) is 0 Å². The number of hydrogen-bond donors (Lipinski definition) is 1. The van der Waals surface area contributed by atoms with Crippen LogP contribution in [-0.2, 0) is 35.0 Å². The van der Waals surface area contributed by atoms with Crippen molar-refractivity contribution >= 4 is 43.6 Å². The molecule has 0 heterocycles. The van der Waals surface area contributed by atoms with E-state index in [-0.39, 0.29) is 57.1 Å². The Morgan fingerprint density at radius 1 is 1.37 bits per heavy atom. The molecule has 0 fully saturated rings. The molecule has 0 radical (unpaired) electrons. The van der Waals surface area contributed by atoms with Crippen molar-refractivity contribution in [2.24, 2.45) is 0 Å². The molecule has 1 aromatic carbocycles. The van der Waals surface area contributed by atoms with Crippen molar-refractivity contribution < 1.29 is 75.0 Å². The maximum Gasteiger partial charge on any atom is 1.00 e. The molecule has 1 rings (SSSR count). The normalized spacial score (nSPS) is 14.6. The van der Waals surface area contributed by atoms with Gasteiger partial charge in [-0.15, -0.1) is 0 Å². The van der Waals surface area contributed by atoms with Gasteiger partial charge in [-0.05, 0) is 16.8 Å². The van der Waals surface area contributed by atoms with Crippen LogP contribution in [0.1, 0.15) is 5.56 Å². The second kappa shape index (κ2) is 8.73. The van der Waals surface area contributed by atoms with Gasteiger partial charge >= 0.3 is 56.7 Å². The molecule has 19 heavy (non-hydrogen) atoms. The maximum absolute atomic E-state index is 12.1. The Hall–Kier alpha value is 0.516. The third kappa shape index (κ3) is 6.67. The zero-order chi connectivity index (χ0) is 13.8. The molecule has 0 aliphatic heterocycles. The van der Waals surface area contributed by atoms with Crippen LogP contribution in [-0.4, -0.2) is 20.9 Å². The minimum Gasteiger partial charge on any atom is -0.545 e. The Morgan fingerprint density at radius 3 is 2.32 bits per heavy atom. The van der Waals surface area contributed by atoms with Gasteiger partial charge in [0, 0.05) is 0 Å². The van der Waals surface area contributed by atoms with Crippen molar-refractivity contribution in [3.8, 4) is 0 Å². The summed E-state index contributed by atoms with van der Waals surface area (Å²) in [5.74, 6) is -2.00. The number of carbonyl (C=O) groups excluding carboxylic acids is 2. The van der Waals surface area contributed by atoms with Crippen LogP contribution >= 0.6 is 12.6 Å². The van der Waals surface area contributed by atoms with Gasteiger partial charge in [0.25, 0.3) is 0 Å². The molecule has 0 N–H and O–H groups in total. The standard InChI is InChI=1S/C10H10O5S3.K/c11-8(12)9(15-10(13)16)18(14,17)6-7-4-2-1-3-5-7;/h1-5,9H,6H2,(H,11,12)(H,13,16);/q;+1/p-1. The predicted octanol–water partition coefficient (Wildman–Crippen LogP) is -2.92. The molecule has 0 aliphatic carbocycles. The molecule has 9 heteroatoms. The number of ether oxygens (including phenoxy) is 1. The molecule has 2 unspecified atom stereocenters. The monoisotopic (exact) mass is 344 g/mol. The molecule has 0 saturated heterocycles. The molecular formula is C10H9KO5S3. The van der Waals surface area contributed by atoms with Crippen LogP contribution in [0.15, 0.2) is 30.3 Å². The Balaban J connectivity index is 0.00000324. The van der Waals surface area contributed by atoms with Crippen LogP contribution in [0.4, 0.5) is 4.79 Å². The molecule has 0 aromatic heterocycles. The summed E-state index contributed by atoms with van der Waals surface area (Å²) in [5, 5.41) is 9.63. The third-order valence-corrected chi connectivity index (χ3v) is 4.60. The van der Waals surface area contributed by atoms with E-state index in [9.17, 15) is 18.9 Å². The second-order valence-corrected chi connectivity index (χ2v) is 7.43. The average molecular weight is 344 g/mol. The smallest absolute Gasteiger partial charge is 0.545 e. The summed E-state index contributed by atoms with van der Waals surface area (Å²) < 4.78 is 16.4. The van der Waals surface area contributed by atoms with Crippen molar-refractivity contribution in [2.45, 2.75) is 11.2 Å². The number of aliphatic carboxylic acids is 1. The molecule has 98 valence electrons. The quantitative estimate of drug-likeness (QED) is 0.350. The van der Waals surface area contributed by atoms with E-state index in [1.807, 2.05) is 0 Å². The van der Waals surface area contributed by atoms with Crippen LogP contribution in [0.5, 0.6) is 0 Å².